The first-order valence-electron chi connectivity index (χ1n) is 5.39. The molecule has 1 atom stereocenters. The van der Waals surface area contributed by atoms with E-state index < -0.39 is 10.0 Å². The molecular formula is C10H12BrN3O2S2. The highest BCUT2D eigenvalue weighted by atomic mass is 79.9. The third-order valence-electron chi connectivity index (χ3n) is 2.48. The SMILES string of the molecule is CCC(Br)CNS(=O)(=O)c1cccc2c1N=S=N2. The van der Waals surface area contributed by atoms with Gasteiger partial charge in [0.25, 0.3) is 0 Å². The molecule has 98 valence electrons. The third kappa shape index (κ3) is 2.87. The number of fused-ring (bicyclic) bond motifs is 1. The predicted molar refractivity (Wildman–Crippen MR) is 76.2 cm³/mol. The minimum absolute atomic E-state index is 0.125. The number of nitrogens with zero attached hydrogens (tertiary/aromatic N) is 2. The van der Waals surface area contributed by atoms with E-state index in [1.165, 1.54) is 0 Å². The quantitative estimate of drug-likeness (QED) is 0.843. The Balaban J connectivity index is 2.27. The lowest BCUT2D eigenvalue weighted by Gasteiger charge is -2.11. The van der Waals surface area contributed by atoms with Gasteiger partial charge in [-0.05, 0) is 18.6 Å². The van der Waals surface area contributed by atoms with E-state index in [1.807, 2.05) is 6.92 Å². The Morgan fingerprint density at radius 3 is 2.94 bits per heavy atom. The molecule has 0 spiro atoms. The van der Waals surface area contributed by atoms with Crippen LogP contribution in [0.1, 0.15) is 13.3 Å². The van der Waals surface area contributed by atoms with Crippen molar-refractivity contribution in [1.29, 1.82) is 0 Å². The minimum Gasteiger partial charge on any atom is -0.210 e. The average molecular weight is 350 g/mol. The number of halogens is 1. The lowest BCUT2D eigenvalue weighted by Crippen LogP contribution is -2.29. The van der Waals surface area contributed by atoms with Gasteiger partial charge >= 0.3 is 0 Å². The summed E-state index contributed by atoms with van der Waals surface area (Å²) < 4.78 is 35.0. The topological polar surface area (TPSA) is 70.9 Å². The second kappa shape index (κ2) is 5.60. The average Bonchev–Trinajstić information content (AvgIpc) is 2.83. The van der Waals surface area contributed by atoms with Crippen molar-refractivity contribution in [3.63, 3.8) is 0 Å². The molecule has 0 radical (unpaired) electrons. The number of sulfonamides is 1. The molecule has 0 aliphatic carbocycles. The maximum atomic E-state index is 12.2. The van der Waals surface area contributed by atoms with Crippen LogP contribution < -0.4 is 4.72 Å². The van der Waals surface area contributed by atoms with Crippen LogP contribution in [0.2, 0.25) is 0 Å². The highest BCUT2D eigenvalue weighted by Crippen LogP contribution is 2.37. The summed E-state index contributed by atoms with van der Waals surface area (Å²) in [6.45, 7) is 2.34. The van der Waals surface area contributed by atoms with Crippen molar-refractivity contribution in [3.05, 3.63) is 18.2 Å². The number of nitrogens with one attached hydrogen (secondary N) is 1. The van der Waals surface area contributed by atoms with Crippen LogP contribution in [0.15, 0.2) is 31.8 Å². The van der Waals surface area contributed by atoms with Crippen LogP contribution in [0.3, 0.4) is 0 Å². The Labute approximate surface area is 118 Å². The molecule has 1 aromatic carbocycles. The summed E-state index contributed by atoms with van der Waals surface area (Å²) in [6.07, 6.45) is 0.852. The Bertz CT molecular complexity index is 624. The first-order valence-corrected chi connectivity index (χ1v) is 8.52. The standard InChI is InChI=1S/C10H12BrN3O2S2/c1-2-7(11)6-12-18(15,16)9-5-3-4-8-10(9)14-17-13-8/h3-5,7,12H,2,6H2,1H3. The van der Waals surface area contributed by atoms with E-state index in [1.54, 1.807) is 18.2 Å². The maximum Gasteiger partial charge on any atom is 0.242 e. The fourth-order valence-corrected chi connectivity index (χ4v) is 3.64. The molecule has 0 aromatic heterocycles. The van der Waals surface area contributed by atoms with Crippen molar-refractivity contribution in [3.8, 4) is 0 Å². The van der Waals surface area contributed by atoms with Gasteiger partial charge in [0.2, 0.25) is 10.0 Å². The van der Waals surface area contributed by atoms with Gasteiger partial charge in [-0.15, -0.1) is 0 Å². The normalized spacial score (nSPS) is 15.2. The fraction of sp³-hybridized carbons (Fsp3) is 0.400. The molecule has 0 saturated carbocycles. The summed E-state index contributed by atoms with van der Waals surface area (Å²) in [5.41, 5.74) is 1.03. The van der Waals surface area contributed by atoms with Gasteiger partial charge in [-0.1, -0.05) is 28.9 Å². The van der Waals surface area contributed by atoms with Crippen LogP contribution in [-0.4, -0.2) is 19.8 Å². The summed E-state index contributed by atoms with van der Waals surface area (Å²) in [5.74, 6) is 0. The predicted octanol–water partition coefficient (Wildman–Crippen LogP) is 2.86. The van der Waals surface area contributed by atoms with Crippen molar-refractivity contribution in [2.75, 3.05) is 6.54 Å². The van der Waals surface area contributed by atoms with Gasteiger partial charge in [-0.3, -0.25) is 0 Å². The second-order valence-corrected chi connectivity index (χ2v) is 7.30. The van der Waals surface area contributed by atoms with Gasteiger partial charge < -0.3 is 0 Å². The third-order valence-corrected chi connectivity index (χ3v) is 5.45. The van der Waals surface area contributed by atoms with Gasteiger partial charge in [0.15, 0.2) is 0 Å². The summed E-state index contributed by atoms with van der Waals surface area (Å²) in [4.78, 5) is 0.310. The molecule has 2 rings (SSSR count). The summed E-state index contributed by atoms with van der Waals surface area (Å²) in [5, 5.41) is 0. The van der Waals surface area contributed by atoms with Gasteiger partial charge in [0, 0.05) is 11.4 Å². The Morgan fingerprint density at radius 2 is 2.22 bits per heavy atom. The number of hydrogen-bond donors (Lipinski definition) is 1. The molecule has 1 N–H and O–H groups in total. The van der Waals surface area contributed by atoms with Crippen LogP contribution in [0.5, 0.6) is 0 Å². The molecule has 1 heterocycles. The van der Waals surface area contributed by atoms with Crippen LogP contribution in [0.25, 0.3) is 0 Å². The molecule has 1 aliphatic rings. The van der Waals surface area contributed by atoms with E-state index in [2.05, 4.69) is 29.4 Å². The minimum atomic E-state index is -3.54. The Kier molecular flexibility index (Phi) is 4.31. The first-order chi connectivity index (χ1) is 8.54. The highest BCUT2D eigenvalue weighted by molar-refractivity contribution is 9.09. The largest absolute Gasteiger partial charge is 0.242 e. The molecule has 5 nitrogen and oxygen atoms in total. The van der Waals surface area contributed by atoms with E-state index in [4.69, 9.17) is 0 Å². The lowest BCUT2D eigenvalue weighted by atomic mass is 10.3. The summed E-state index contributed by atoms with van der Waals surface area (Å²) in [6, 6.07) is 4.96. The van der Waals surface area contributed by atoms with Crippen molar-refractivity contribution < 1.29 is 8.42 Å². The summed E-state index contributed by atoms with van der Waals surface area (Å²) >= 11 is 4.40. The van der Waals surface area contributed by atoms with Gasteiger partial charge in [-0.25, -0.2) is 13.1 Å². The van der Waals surface area contributed by atoms with Crippen molar-refractivity contribution in [2.45, 2.75) is 23.1 Å². The molecule has 0 saturated heterocycles. The Hall–Kier alpha value is -0.570. The van der Waals surface area contributed by atoms with Crippen LogP contribution >= 0.6 is 15.9 Å². The zero-order valence-electron chi connectivity index (χ0n) is 9.63. The van der Waals surface area contributed by atoms with Gasteiger partial charge in [0.05, 0.1) is 11.4 Å². The van der Waals surface area contributed by atoms with E-state index in [0.29, 0.717) is 17.9 Å². The highest BCUT2D eigenvalue weighted by Gasteiger charge is 2.22. The maximum absolute atomic E-state index is 12.2. The zero-order valence-corrected chi connectivity index (χ0v) is 12.8. The van der Waals surface area contributed by atoms with Crippen LogP contribution in [-0.2, 0) is 21.4 Å². The molecule has 1 aliphatic heterocycles. The molecule has 0 amide bonds. The van der Waals surface area contributed by atoms with Gasteiger partial charge in [0.1, 0.15) is 16.3 Å². The smallest absolute Gasteiger partial charge is 0.210 e. The number of rotatable bonds is 5. The Morgan fingerprint density at radius 1 is 1.44 bits per heavy atom. The van der Waals surface area contributed by atoms with Crippen molar-refractivity contribution >= 4 is 48.7 Å². The molecule has 0 bridgehead atoms. The van der Waals surface area contributed by atoms with Crippen LogP contribution in [0, 0.1) is 0 Å². The lowest BCUT2D eigenvalue weighted by molar-refractivity contribution is 0.580. The van der Waals surface area contributed by atoms with Crippen LogP contribution in [0.4, 0.5) is 11.4 Å². The number of alkyl halides is 1. The molecule has 8 heteroatoms. The van der Waals surface area contributed by atoms with Gasteiger partial charge in [-0.2, -0.15) is 8.73 Å². The molecule has 0 fully saturated rings. The summed E-state index contributed by atoms with van der Waals surface area (Å²) in [7, 11) is -3.54. The van der Waals surface area contributed by atoms with E-state index >= 15 is 0 Å². The molecular weight excluding hydrogens is 338 g/mol. The first kappa shape index (κ1) is 13.9. The molecule has 1 aromatic rings. The molecule has 1 unspecified atom stereocenters. The van der Waals surface area contributed by atoms with Crippen molar-refractivity contribution in [2.24, 2.45) is 8.73 Å². The monoisotopic (exact) mass is 349 g/mol. The zero-order chi connectivity index (χ0) is 13.2. The molecule has 18 heavy (non-hydrogen) atoms. The van der Waals surface area contributed by atoms with Crippen molar-refractivity contribution in [1.82, 2.24) is 4.72 Å². The fourth-order valence-electron chi connectivity index (χ4n) is 1.42. The second-order valence-electron chi connectivity index (χ2n) is 3.75. The number of benzene rings is 1. The van der Waals surface area contributed by atoms with E-state index in [0.717, 1.165) is 17.8 Å². The number of hydrogen-bond acceptors (Lipinski definition) is 4. The van der Waals surface area contributed by atoms with E-state index in [9.17, 15) is 8.42 Å². The van der Waals surface area contributed by atoms with E-state index in [-0.39, 0.29) is 9.72 Å².